The minimum absolute atomic E-state index is 0.0109. The molecule has 0 N–H and O–H groups in total. The zero-order valence-electron chi connectivity index (χ0n) is 16.3. The molecule has 0 amide bonds. The summed E-state index contributed by atoms with van der Waals surface area (Å²) in [5.74, 6) is -0.852. The van der Waals surface area contributed by atoms with Gasteiger partial charge in [0.25, 0.3) is 0 Å². The average Bonchev–Trinajstić information content (AvgIpc) is 2.58. The third kappa shape index (κ3) is 5.15. The van der Waals surface area contributed by atoms with Gasteiger partial charge in [-0.15, -0.1) is 0 Å². The highest BCUT2D eigenvalue weighted by molar-refractivity contribution is 6.74. The van der Waals surface area contributed by atoms with E-state index in [1.165, 1.54) is 24.3 Å². The molecule has 0 saturated carbocycles. The molecule has 0 saturated heterocycles. The lowest BCUT2D eigenvalue weighted by Crippen LogP contribution is -2.42. The Labute approximate surface area is 160 Å². The van der Waals surface area contributed by atoms with Gasteiger partial charge in [-0.25, -0.2) is 8.78 Å². The molecule has 1 unspecified atom stereocenters. The zero-order chi connectivity index (χ0) is 20.2. The Morgan fingerprint density at radius 1 is 1.07 bits per heavy atom. The number of halogens is 2. The summed E-state index contributed by atoms with van der Waals surface area (Å²) in [6.45, 7) is 10.9. The second kappa shape index (κ2) is 8.20. The molecule has 0 aromatic heterocycles. The molecule has 6 heteroatoms. The van der Waals surface area contributed by atoms with Crippen molar-refractivity contribution in [3.05, 3.63) is 65.2 Å². The van der Waals surface area contributed by atoms with Crippen molar-refractivity contribution >= 4 is 8.32 Å². The largest absolute Gasteiger partial charge is 0.482 e. The fourth-order valence-corrected chi connectivity index (χ4v) is 3.24. The van der Waals surface area contributed by atoms with E-state index in [0.717, 1.165) is 0 Å². The van der Waals surface area contributed by atoms with E-state index >= 15 is 0 Å². The van der Waals surface area contributed by atoms with E-state index in [-0.39, 0.29) is 28.8 Å². The molecule has 0 aliphatic heterocycles. The Morgan fingerprint density at radius 2 is 1.70 bits per heavy atom. The van der Waals surface area contributed by atoms with E-state index in [0.29, 0.717) is 5.56 Å². The fourth-order valence-electron chi connectivity index (χ4n) is 2.24. The first-order valence-corrected chi connectivity index (χ1v) is 11.7. The van der Waals surface area contributed by atoms with Crippen LogP contribution in [-0.4, -0.2) is 14.9 Å². The van der Waals surface area contributed by atoms with Gasteiger partial charge in [-0.2, -0.15) is 5.26 Å². The Bertz CT molecular complexity index is 824. The van der Waals surface area contributed by atoms with Crippen LogP contribution in [0.1, 0.15) is 38.0 Å². The van der Waals surface area contributed by atoms with E-state index in [2.05, 4.69) is 33.9 Å². The molecule has 144 valence electrons. The number of ether oxygens (including phenoxy) is 1. The molecule has 0 heterocycles. The summed E-state index contributed by atoms with van der Waals surface area (Å²) in [6, 6.07) is 12.0. The average molecular weight is 390 g/mol. The summed E-state index contributed by atoms with van der Waals surface area (Å²) in [5, 5.41) is 9.25. The standard InChI is InChI=1S/C21H25F2NO2Si/c1-21(2,3)27(4,5)25-14-20(15-9-11-16(22)12-10-15)26-19-8-6-7-18(23)17(19)13-24/h6-12,20H,14H2,1-5H3. The number of hydrogen-bond donors (Lipinski definition) is 0. The van der Waals surface area contributed by atoms with Crippen LogP contribution < -0.4 is 4.74 Å². The highest BCUT2D eigenvalue weighted by Crippen LogP contribution is 2.37. The maximum atomic E-state index is 13.9. The summed E-state index contributed by atoms with van der Waals surface area (Å²) in [4.78, 5) is 0. The van der Waals surface area contributed by atoms with Crippen molar-refractivity contribution in [1.29, 1.82) is 5.26 Å². The summed E-state index contributed by atoms with van der Waals surface area (Å²) in [5.41, 5.74) is 0.542. The molecule has 3 nitrogen and oxygen atoms in total. The van der Waals surface area contributed by atoms with Gasteiger partial charge in [0.15, 0.2) is 8.32 Å². The SMILES string of the molecule is CC(C)(C)[Si](C)(C)OCC(Oc1cccc(F)c1C#N)c1ccc(F)cc1. The van der Waals surface area contributed by atoms with E-state index in [1.807, 2.05) is 6.07 Å². The smallest absolute Gasteiger partial charge is 0.192 e. The minimum Gasteiger partial charge on any atom is -0.482 e. The zero-order valence-corrected chi connectivity index (χ0v) is 17.3. The van der Waals surface area contributed by atoms with E-state index < -0.39 is 20.2 Å². The third-order valence-corrected chi connectivity index (χ3v) is 9.50. The van der Waals surface area contributed by atoms with Crippen molar-refractivity contribution in [3.63, 3.8) is 0 Å². The Hall–Kier alpha value is -2.23. The minimum atomic E-state index is -2.05. The molecular formula is C21H25F2NO2Si. The van der Waals surface area contributed by atoms with Crippen LogP contribution in [0.3, 0.4) is 0 Å². The summed E-state index contributed by atoms with van der Waals surface area (Å²) in [7, 11) is -2.05. The number of hydrogen-bond acceptors (Lipinski definition) is 3. The van der Waals surface area contributed by atoms with Crippen molar-refractivity contribution in [3.8, 4) is 11.8 Å². The summed E-state index contributed by atoms with van der Waals surface area (Å²) in [6.07, 6.45) is -0.589. The van der Waals surface area contributed by atoms with Crippen LogP contribution in [0.4, 0.5) is 8.78 Å². The lowest BCUT2D eigenvalue weighted by molar-refractivity contribution is 0.120. The van der Waals surface area contributed by atoms with Gasteiger partial charge in [0.1, 0.15) is 35.1 Å². The van der Waals surface area contributed by atoms with Gasteiger partial charge in [-0.05, 0) is 48.0 Å². The van der Waals surface area contributed by atoms with Crippen LogP contribution in [0.5, 0.6) is 5.75 Å². The maximum Gasteiger partial charge on any atom is 0.192 e. The molecule has 0 bridgehead atoms. The normalized spacial score (nSPS) is 13.1. The molecular weight excluding hydrogens is 364 g/mol. The lowest BCUT2D eigenvalue weighted by atomic mass is 10.1. The lowest BCUT2D eigenvalue weighted by Gasteiger charge is -2.37. The van der Waals surface area contributed by atoms with Crippen molar-refractivity contribution in [2.75, 3.05) is 6.61 Å². The first-order valence-electron chi connectivity index (χ1n) is 8.80. The first kappa shape index (κ1) is 21.1. The molecule has 0 radical (unpaired) electrons. The Kier molecular flexibility index (Phi) is 6.40. The second-order valence-electron chi connectivity index (χ2n) is 7.95. The van der Waals surface area contributed by atoms with Gasteiger partial charge in [-0.1, -0.05) is 39.0 Å². The van der Waals surface area contributed by atoms with Crippen LogP contribution in [-0.2, 0) is 4.43 Å². The molecule has 2 rings (SSSR count). The first-order chi connectivity index (χ1) is 12.5. The van der Waals surface area contributed by atoms with Crippen molar-refractivity contribution in [2.24, 2.45) is 0 Å². The van der Waals surface area contributed by atoms with Crippen LogP contribution in [0.2, 0.25) is 18.1 Å². The molecule has 0 spiro atoms. The predicted octanol–water partition coefficient (Wildman–Crippen LogP) is 5.98. The van der Waals surface area contributed by atoms with Crippen molar-refractivity contribution in [1.82, 2.24) is 0 Å². The van der Waals surface area contributed by atoms with E-state index in [9.17, 15) is 14.0 Å². The van der Waals surface area contributed by atoms with Crippen LogP contribution >= 0.6 is 0 Å². The predicted molar refractivity (Wildman–Crippen MR) is 104 cm³/mol. The van der Waals surface area contributed by atoms with Crippen molar-refractivity contribution < 1.29 is 17.9 Å². The molecule has 0 aliphatic rings. The molecule has 2 aromatic rings. The van der Waals surface area contributed by atoms with Gasteiger partial charge in [-0.3, -0.25) is 0 Å². The molecule has 0 aliphatic carbocycles. The highest BCUT2D eigenvalue weighted by Gasteiger charge is 2.38. The van der Waals surface area contributed by atoms with Crippen LogP contribution in [0, 0.1) is 23.0 Å². The van der Waals surface area contributed by atoms with Crippen LogP contribution in [0.25, 0.3) is 0 Å². The number of nitrogens with zero attached hydrogens (tertiary/aromatic N) is 1. The number of benzene rings is 2. The van der Waals surface area contributed by atoms with E-state index in [1.54, 1.807) is 18.2 Å². The molecule has 27 heavy (non-hydrogen) atoms. The Balaban J connectivity index is 2.33. The fraction of sp³-hybridized carbons (Fsp3) is 0.381. The molecule has 2 aromatic carbocycles. The summed E-state index contributed by atoms with van der Waals surface area (Å²) < 4.78 is 39.5. The topological polar surface area (TPSA) is 42.2 Å². The molecule has 0 fully saturated rings. The van der Waals surface area contributed by atoms with Crippen molar-refractivity contribution in [2.45, 2.75) is 45.0 Å². The highest BCUT2D eigenvalue weighted by atomic mass is 28.4. The van der Waals surface area contributed by atoms with Gasteiger partial charge in [0, 0.05) is 0 Å². The number of nitriles is 1. The second-order valence-corrected chi connectivity index (χ2v) is 12.8. The quantitative estimate of drug-likeness (QED) is 0.571. The van der Waals surface area contributed by atoms with Gasteiger partial charge < -0.3 is 9.16 Å². The monoisotopic (exact) mass is 389 g/mol. The Morgan fingerprint density at radius 3 is 2.26 bits per heavy atom. The maximum absolute atomic E-state index is 13.9. The van der Waals surface area contributed by atoms with E-state index in [4.69, 9.17) is 9.16 Å². The van der Waals surface area contributed by atoms with Gasteiger partial charge >= 0.3 is 0 Å². The van der Waals surface area contributed by atoms with Crippen LogP contribution in [0.15, 0.2) is 42.5 Å². The molecule has 1 atom stereocenters. The third-order valence-electron chi connectivity index (χ3n) is 5.00. The number of rotatable bonds is 6. The summed E-state index contributed by atoms with van der Waals surface area (Å²) >= 11 is 0. The van der Waals surface area contributed by atoms with Gasteiger partial charge in [0.2, 0.25) is 0 Å². The van der Waals surface area contributed by atoms with Gasteiger partial charge in [0.05, 0.1) is 6.61 Å².